The highest BCUT2D eigenvalue weighted by atomic mass is 35.5. The topological polar surface area (TPSA) is 82.6 Å². The molecule has 0 bridgehead atoms. The van der Waals surface area contributed by atoms with Crippen LogP contribution in [0.1, 0.15) is 12.8 Å². The number of hydrogen-bond donors (Lipinski definition) is 1. The number of amides is 1. The zero-order chi connectivity index (χ0) is 16.4. The molecule has 1 atom stereocenters. The maximum Gasteiger partial charge on any atom is 0.244 e. The van der Waals surface area contributed by atoms with Crippen LogP contribution in [-0.2, 0) is 14.8 Å². The van der Waals surface area contributed by atoms with E-state index in [0.29, 0.717) is 26.2 Å². The van der Waals surface area contributed by atoms with Crippen LogP contribution in [0.4, 0.5) is 0 Å². The lowest BCUT2D eigenvalue weighted by Crippen LogP contribution is -2.57. The van der Waals surface area contributed by atoms with E-state index in [0.717, 1.165) is 19.4 Å². The maximum absolute atomic E-state index is 12.8. The van der Waals surface area contributed by atoms with E-state index in [1.165, 1.54) is 22.8 Å². The predicted molar refractivity (Wildman–Crippen MR) is 85.6 cm³/mol. The molecular weight excluding hydrogens is 340 g/mol. The molecule has 7 nitrogen and oxygen atoms in total. The molecule has 0 aromatic carbocycles. The first-order valence-electron chi connectivity index (χ1n) is 7.59. The van der Waals surface area contributed by atoms with Gasteiger partial charge in [0.15, 0.2) is 0 Å². The smallest absolute Gasteiger partial charge is 0.244 e. The van der Waals surface area contributed by atoms with Crippen LogP contribution in [0.15, 0.2) is 23.4 Å². The first kappa shape index (κ1) is 16.6. The number of rotatable bonds is 3. The summed E-state index contributed by atoms with van der Waals surface area (Å²) in [6.07, 6.45) is 4.26. The summed E-state index contributed by atoms with van der Waals surface area (Å²) in [5.74, 6) is 0.0323. The number of piperazine rings is 1. The van der Waals surface area contributed by atoms with Gasteiger partial charge in [-0.05, 0) is 18.9 Å². The molecule has 2 aliphatic rings. The normalized spacial score (nSPS) is 24.0. The second kappa shape index (κ2) is 6.72. The van der Waals surface area contributed by atoms with E-state index >= 15 is 0 Å². The third-order valence-corrected chi connectivity index (χ3v) is 6.28. The van der Waals surface area contributed by atoms with E-state index in [1.54, 1.807) is 4.90 Å². The van der Waals surface area contributed by atoms with Gasteiger partial charge in [0.05, 0.1) is 11.6 Å². The molecule has 1 N–H and O–H groups in total. The number of piperidine rings is 1. The molecule has 0 aliphatic carbocycles. The van der Waals surface area contributed by atoms with Gasteiger partial charge in [-0.1, -0.05) is 11.6 Å². The molecule has 23 heavy (non-hydrogen) atoms. The summed E-state index contributed by atoms with van der Waals surface area (Å²) in [6, 6.07) is 1.34. The van der Waals surface area contributed by atoms with E-state index in [1.807, 2.05) is 0 Å². The Morgan fingerprint density at radius 2 is 2.13 bits per heavy atom. The van der Waals surface area contributed by atoms with Crippen molar-refractivity contribution in [1.29, 1.82) is 0 Å². The van der Waals surface area contributed by atoms with Crippen molar-refractivity contribution in [2.75, 3.05) is 32.7 Å². The summed E-state index contributed by atoms with van der Waals surface area (Å²) in [5, 5.41) is 3.32. The van der Waals surface area contributed by atoms with Crippen LogP contribution in [0.3, 0.4) is 0 Å². The van der Waals surface area contributed by atoms with Gasteiger partial charge in [0.2, 0.25) is 15.9 Å². The summed E-state index contributed by atoms with van der Waals surface area (Å²) in [4.78, 5) is 17.8. The fourth-order valence-electron chi connectivity index (χ4n) is 3.08. The molecule has 2 fully saturated rings. The lowest BCUT2D eigenvalue weighted by atomic mass is 10.1. The maximum atomic E-state index is 12.8. The Labute approximate surface area is 140 Å². The van der Waals surface area contributed by atoms with E-state index in [4.69, 9.17) is 11.6 Å². The number of nitrogens with zero attached hydrogens (tertiary/aromatic N) is 3. The molecule has 1 amide bonds. The van der Waals surface area contributed by atoms with Gasteiger partial charge in [0, 0.05) is 44.6 Å². The summed E-state index contributed by atoms with van der Waals surface area (Å²) in [6.45, 7) is 2.46. The minimum Gasteiger partial charge on any atom is -0.336 e. The van der Waals surface area contributed by atoms with Gasteiger partial charge in [-0.15, -0.1) is 0 Å². The summed E-state index contributed by atoms with van der Waals surface area (Å²) in [5.41, 5.74) is 0. The van der Waals surface area contributed by atoms with Crippen LogP contribution in [0.25, 0.3) is 0 Å². The standard InChI is InChI=1S/C14H19ClN4O3S/c15-11-6-13(8-17-7-11)23(21,22)18-4-1-2-12(10-18)19-5-3-16-9-14(19)20/h6-8,12,16H,1-5,9-10H2. The Balaban J connectivity index is 1.79. The minimum atomic E-state index is -3.64. The lowest BCUT2D eigenvalue weighted by Gasteiger charge is -2.40. The molecule has 2 aliphatic heterocycles. The second-order valence-electron chi connectivity index (χ2n) is 5.76. The SMILES string of the molecule is O=C1CNCCN1C1CCCN(S(=O)(=O)c2cncc(Cl)c2)C1. The number of carbonyl (C=O) groups excluding carboxylic acids is 1. The van der Waals surface area contributed by atoms with Crippen molar-refractivity contribution in [3.05, 3.63) is 23.5 Å². The van der Waals surface area contributed by atoms with Crippen molar-refractivity contribution in [3.63, 3.8) is 0 Å². The lowest BCUT2D eigenvalue weighted by molar-refractivity contribution is -0.135. The third kappa shape index (κ3) is 3.50. The van der Waals surface area contributed by atoms with Crippen LogP contribution >= 0.6 is 11.6 Å². The fourth-order valence-corrected chi connectivity index (χ4v) is 4.83. The van der Waals surface area contributed by atoms with E-state index in [-0.39, 0.29) is 21.9 Å². The van der Waals surface area contributed by atoms with Crippen LogP contribution in [0, 0.1) is 0 Å². The van der Waals surface area contributed by atoms with Crippen LogP contribution in [0.2, 0.25) is 5.02 Å². The number of nitrogens with one attached hydrogen (secondary N) is 1. The number of hydrogen-bond acceptors (Lipinski definition) is 5. The van der Waals surface area contributed by atoms with Crippen molar-refractivity contribution in [1.82, 2.24) is 19.5 Å². The monoisotopic (exact) mass is 358 g/mol. The zero-order valence-electron chi connectivity index (χ0n) is 12.6. The van der Waals surface area contributed by atoms with Gasteiger partial charge in [0.25, 0.3) is 0 Å². The van der Waals surface area contributed by atoms with Crippen molar-refractivity contribution in [2.24, 2.45) is 0 Å². The molecule has 126 valence electrons. The van der Waals surface area contributed by atoms with Gasteiger partial charge in [-0.3, -0.25) is 9.78 Å². The van der Waals surface area contributed by atoms with Crippen molar-refractivity contribution < 1.29 is 13.2 Å². The Kier molecular flexibility index (Phi) is 4.86. The number of halogens is 1. The van der Waals surface area contributed by atoms with Gasteiger partial charge in [0.1, 0.15) is 4.90 Å². The minimum absolute atomic E-state index is 0.0323. The van der Waals surface area contributed by atoms with Crippen LogP contribution in [0.5, 0.6) is 0 Å². The largest absolute Gasteiger partial charge is 0.336 e. The summed E-state index contributed by atoms with van der Waals surface area (Å²) < 4.78 is 27.0. The number of pyridine rings is 1. The Hall–Kier alpha value is -1.22. The Bertz CT molecular complexity index is 697. The number of sulfonamides is 1. The fraction of sp³-hybridized carbons (Fsp3) is 0.571. The molecule has 3 rings (SSSR count). The molecule has 0 radical (unpaired) electrons. The van der Waals surface area contributed by atoms with Crippen molar-refractivity contribution in [2.45, 2.75) is 23.8 Å². The average Bonchev–Trinajstić information content (AvgIpc) is 2.55. The molecule has 1 unspecified atom stereocenters. The summed E-state index contributed by atoms with van der Waals surface area (Å²) in [7, 11) is -3.64. The van der Waals surface area contributed by atoms with Gasteiger partial charge < -0.3 is 10.2 Å². The Morgan fingerprint density at radius 3 is 2.87 bits per heavy atom. The second-order valence-corrected chi connectivity index (χ2v) is 8.14. The first-order chi connectivity index (χ1) is 11.0. The molecule has 2 saturated heterocycles. The molecule has 1 aromatic heterocycles. The molecule has 3 heterocycles. The molecular formula is C14H19ClN4O3S. The van der Waals surface area contributed by atoms with E-state index in [9.17, 15) is 13.2 Å². The molecule has 1 aromatic rings. The van der Waals surface area contributed by atoms with Crippen LogP contribution in [-0.4, -0.2) is 67.3 Å². The number of carbonyl (C=O) groups is 1. The van der Waals surface area contributed by atoms with Gasteiger partial charge in [-0.25, -0.2) is 8.42 Å². The highest BCUT2D eigenvalue weighted by Gasteiger charge is 2.35. The molecule has 9 heteroatoms. The quantitative estimate of drug-likeness (QED) is 0.841. The highest BCUT2D eigenvalue weighted by Crippen LogP contribution is 2.24. The first-order valence-corrected chi connectivity index (χ1v) is 9.41. The van der Waals surface area contributed by atoms with Crippen LogP contribution < -0.4 is 5.32 Å². The predicted octanol–water partition coefficient (Wildman–Crippen LogP) is 0.320. The highest BCUT2D eigenvalue weighted by molar-refractivity contribution is 7.89. The summed E-state index contributed by atoms with van der Waals surface area (Å²) >= 11 is 5.85. The van der Waals surface area contributed by atoms with Crippen molar-refractivity contribution >= 4 is 27.5 Å². The van der Waals surface area contributed by atoms with E-state index in [2.05, 4.69) is 10.3 Å². The van der Waals surface area contributed by atoms with Gasteiger partial charge >= 0.3 is 0 Å². The Morgan fingerprint density at radius 1 is 1.30 bits per heavy atom. The zero-order valence-corrected chi connectivity index (χ0v) is 14.2. The van der Waals surface area contributed by atoms with E-state index < -0.39 is 10.0 Å². The molecule has 0 saturated carbocycles. The molecule has 0 spiro atoms. The number of aromatic nitrogens is 1. The average molecular weight is 359 g/mol. The van der Waals surface area contributed by atoms with Crippen molar-refractivity contribution in [3.8, 4) is 0 Å². The third-order valence-electron chi connectivity index (χ3n) is 4.24. The van der Waals surface area contributed by atoms with Gasteiger partial charge in [-0.2, -0.15) is 4.31 Å².